The van der Waals surface area contributed by atoms with Crippen molar-refractivity contribution in [1.82, 2.24) is 0 Å². The van der Waals surface area contributed by atoms with Crippen LogP contribution in [0.1, 0.15) is 284 Å². The van der Waals surface area contributed by atoms with E-state index in [1.165, 1.54) is 135 Å². The minimum Gasteiger partial charge on any atom is -0.462 e. The highest BCUT2D eigenvalue weighted by atomic mass is 16.6. The van der Waals surface area contributed by atoms with Crippen LogP contribution in [0.3, 0.4) is 0 Å². The zero-order valence-corrected chi connectivity index (χ0v) is 44.9. The van der Waals surface area contributed by atoms with Crippen LogP contribution in [0.25, 0.3) is 0 Å². The Bertz CT molecular complexity index is 1270. The Labute approximate surface area is 421 Å². The molecular formula is C62H108O6. The minimum atomic E-state index is -0.789. The van der Waals surface area contributed by atoms with Crippen molar-refractivity contribution < 1.29 is 28.6 Å². The number of allylic oxidation sites excluding steroid dienone is 12. The van der Waals surface area contributed by atoms with E-state index < -0.39 is 6.10 Å². The third kappa shape index (κ3) is 53.8. The third-order valence-electron chi connectivity index (χ3n) is 12.4. The molecule has 0 fully saturated rings. The van der Waals surface area contributed by atoms with Gasteiger partial charge in [0, 0.05) is 19.3 Å². The van der Waals surface area contributed by atoms with Crippen molar-refractivity contribution in [2.24, 2.45) is 0 Å². The minimum absolute atomic E-state index is 0.0874. The number of hydrogen-bond donors (Lipinski definition) is 0. The van der Waals surface area contributed by atoms with Crippen LogP contribution in [0.4, 0.5) is 0 Å². The molecule has 0 rings (SSSR count). The van der Waals surface area contributed by atoms with E-state index in [9.17, 15) is 14.4 Å². The van der Waals surface area contributed by atoms with E-state index in [0.717, 1.165) is 109 Å². The predicted molar refractivity (Wildman–Crippen MR) is 293 cm³/mol. The maximum absolute atomic E-state index is 12.8. The molecule has 0 heterocycles. The molecule has 0 aliphatic carbocycles. The van der Waals surface area contributed by atoms with Gasteiger partial charge in [-0.15, -0.1) is 0 Å². The summed E-state index contributed by atoms with van der Waals surface area (Å²) in [7, 11) is 0. The number of ether oxygens (including phenoxy) is 3. The van der Waals surface area contributed by atoms with Crippen molar-refractivity contribution in [3.05, 3.63) is 72.9 Å². The molecule has 0 N–H and O–H groups in total. The molecule has 0 bridgehead atoms. The van der Waals surface area contributed by atoms with Gasteiger partial charge in [0.1, 0.15) is 13.2 Å². The summed E-state index contributed by atoms with van der Waals surface area (Å²) in [6.07, 6.45) is 71.7. The average molecular weight is 950 g/mol. The monoisotopic (exact) mass is 949 g/mol. The Morgan fingerprint density at radius 3 is 0.868 bits per heavy atom. The molecule has 392 valence electrons. The summed E-state index contributed by atoms with van der Waals surface area (Å²) in [5.74, 6) is -0.911. The van der Waals surface area contributed by atoms with Crippen LogP contribution < -0.4 is 0 Å². The molecule has 6 nitrogen and oxygen atoms in total. The number of carbonyl (C=O) groups excluding carboxylic acids is 3. The molecule has 0 spiro atoms. The van der Waals surface area contributed by atoms with Gasteiger partial charge in [-0.05, 0) is 116 Å². The first-order valence-electron chi connectivity index (χ1n) is 28.9. The van der Waals surface area contributed by atoms with Crippen LogP contribution in [0.5, 0.6) is 0 Å². The largest absolute Gasteiger partial charge is 0.462 e. The van der Waals surface area contributed by atoms with Gasteiger partial charge in [-0.25, -0.2) is 0 Å². The second kappa shape index (κ2) is 56.4. The van der Waals surface area contributed by atoms with Gasteiger partial charge in [0.05, 0.1) is 0 Å². The van der Waals surface area contributed by atoms with Gasteiger partial charge in [0.2, 0.25) is 0 Å². The molecular weight excluding hydrogens is 841 g/mol. The van der Waals surface area contributed by atoms with Crippen LogP contribution in [-0.4, -0.2) is 37.2 Å². The van der Waals surface area contributed by atoms with E-state index >= 15 is 0 Å². The van der Waals surface area contributed by atoms with E-state index in [1.807, 2.05) is 0 Å². The first kappa shape index (κ1) is 64.8. The molecule has 0 aromatic rings. The molecule has 1 atom stereocenters. The molecule has 1 unspecified atom stereocenters. The smallest absolute Gasteiger partial charge is 0.306 e. The standard InChI is InChI=1S/C62H108O6/c1-4-7-10-13-16-19-22-25-27-28-29-30-31-32-33-34-36-37-40-43-46-49-52-55-61(64)67-58-59(57-66-60(63)54-51-48-45-42-39-24-21-18-15-12-9-6-3)68-62(65)56-53-50-47-44-41-38-35-26-23-20-17-14-11-8-5-2/h17-18,20-22,25-26,28-29,31-32,35,59H,4-16,19,23-24,27,30,33-34,36-58H2,1-3H3/b20-17-,21-18-,25-22-,29-28-,32-31-,35-26-. The summed E-state index contributed by atoms with van der Waals surface area (Å²) >= 11 is 0. The maximum Gasteiger partial charge on any atom is 0.306 e. The van der Waals surface area contributed by atoms with Crippen molar-refractivity contribution in [2.75, 3.05) is 13.2 Å². The molecule has 68 heavy (non-hydrogen) atoms. The average Bonchev–Trinajstić information content (AvgIpc) is 3.34. The lowest BCUT2D eigenvalue weighted by molar-refractivity contribution is -0.167. The van der Waals surface area contributed by atoms with Crippen molar-refractivity contribution in [2.45, 2.75) is 290 Å². The fourth-order valence-electron chi connectivity index (χ4n) is 8.00. The first-order chi connectivity index (χ1) is 33.5. The molecule has 0 amide bonds. The quantitative estimate of drug-likeness (QED) is 0.0262. The third-order valence-corrected chi connectivity index (χ3v) is 12.4. The highest BCUT2D eigenvalue weighted by molar-refractivity contribution is 5.71. The molecule has 0 radical (unpaired) electrons. The molecule has 0 aromatic carbocycles. The number of unbranched alkanes of at least 4 members (excludes halogenated alkanes) is 29. The zero-order chi connectivity index (χ0) is 49.3. The van der Waals surface area contributed by atoms with E-state index in [-0.39, 0.29) is 31.1 Å². The van der Waals surface area contributed by atoms with E-state index in [1.54, 1.807) is 0 Å². The predicted octanol–water partition coefficient (Wildman–Crippen LogP) is 19.4. The molecule has 0 saturated heterocycles. The fourth-order valence-corrected chi connectivity index (χ4v) is 8.00. The van der Waals surface area contributed by atoms with E-state index in [4.69, 9.17) is 14.2 Å². The number of carbonyl (C=O) groups is 3. The van der Waals surface area contributed by atoms with Crippen LogP contribution in [-0.2, 0) is 28.6 Å². The Balaban J connectivity index is 4.35. The molecule has 0 aromatic heterocycles. The summed E-state index contributed by atoms with van der Waals surface area (Å²) in [5.41, 5.74) is 0. The Morgan fingerprint density at radius 2 is 0.529 bits per heavy atom. The lowest BCUT2D eigenvalue weighted by Crippen LogP contribution is -2.30. The Morgan fingerprint density at radius 1 is 0.294 bits per heavy atom. The molecule has 0 saturated carbocycles. The van der Waals surface area contributed by atoms with Gasteiger partial charge in [-0.1, -0.05) is 222 Å². The highest BCUT2D eigenvalue weighted by Crippen LogP contribution is 2.14. The van der Waals surface area contributed by atoms with Crippen molar-refractivity contribution in [1.29, 1.82) is 0 Å². The maximum atomic E-state index is 12.8. The van der Waals surface area contributed by atoms with Gasteiger partial charge in [-0.2, -0.15) is 0 Å². The molecule has 6 heteroatoms. The molecule has 0 aliphatic heterocycles. The normalized spacial score (nSPS) is 12.6. The van der Waals surface area contributed by atoms with E-state index in [0.29, 0.717) is 19.3 Å². The van der Waals surface area contributed by atoms with Crippen LogP contribution in [0.2, 0.25) is 0 Å². The summed E-state index contributed by atoms with van der Waals surface area (Å²) in [6.45, 7) is 6.56. The van der Waals surface area contributed by atoms with Gasteiger partial charge in [0.15, 0.2) is 6.10 Å². The van der Waals surface area contributed by atoms with Gasteiger partial charge < -0.3 is 14.2 Å². The van der Waals surface area contributed by atoms with Gasteiger partial charge in [-0.3, -0.25) is 14.4 Å². The second-order valence-electron chi connectivity index (χ2n) is 19.2. The lowest BCUT2D eigenvalue weighted by Gasteiger charge is -2.18. The Kier molecular flexibility index (Phi) is 53.8. The zero-order valence-electron chi connectivity index (χ0n) is 44.9. The van der Waals surface area contributed by atoms with Crippen LogP contribution >= 0.6 is 0 Å². The van der Waals surface area contributed by atoms with Crippen LogP contribution in [0.15, 0.2) is 72.9 Å². The topological polar surface area (TPSA) is 78.9 Å². The Hall–Kier alpha value is -3.15. The SMILES string of the molecule is CCCCC/C=C\C/C=C\CCCCCCCC(=O)OC(COC(=O)CCCCCCC/C=C\CCCCC)COC(=O)CCCCCCCCCC/C=C\C/C=C\C/C=C\CCCCCCC. The lowest BCUT2D eigenvalue weighted by atomic mass is 10.1. The second-order valence-corrected chi connectivity index (χ2v) is 19.2. The van der Waals surface area contributed by atoms with Crippen molar-refractivity contribution in [3.8, 4) is 0 Å². The fraction of sp³-hybridized carbons (Fsp3) is 0.758. The number of hydrogen-bond acceptors (Lipinski definition) is 6. The first-order valence-corrected chi connectivity index (χ1v) is 28.9. The van der Waals surface area contributed by atoms with Crippen molar-refractivity contribution in [3.63, 3.8) is 0 Å². The van der Waals surface area contributed by atoms with E-state index in [2.05, 4.69) is 93.7 Å². The molecule has 0 aliphatic rings. The number of esters is 3. The van der Waals surface area contributed by atoms with Crippen LogP contribution in [0, 0.1) is 0 Å². The van der Waals surface area contributed by atoms with Crippen molar-refractivity contribution >= 4 is 17.9 Å². The number of rotatable bonds is 52. The summed E-state index contributed by atoms with van der Waals surface area (Å²) in [4.78, 5) is 38.1. The van der Waals surface area contributed by atoms with Gasteiger partial charge in [0.25, 0.3) is 0 Å². The summed E-state index contributed by atoms with van der Waals surface area (Å²) in [5, 5.41) is 0. The summed E-state index contributed by atoms with van der Waals surface area (Å²) in [6, 6.07) is 0. The summed E-state index contributed by atoms with van der Waals surface area (Å²) < 4.78 is 16.8. The highest BCUT2D eigenvalue weighted by Gasteiger charge is 2.19. The van der Waals surface area contributed by atoms with Gasteiger partial charge >= 0.3 is 17.9 Å².